The third-order valence-electron chi connectivity index (χ3n) is 4.16. The van der Waals surface area contributed by atoms with Crippen molar-refractivity contribution < 1.29 is 4.39 Å². The molecule has 4 aromatic rings. The van der Waals surface area contributed by atoms with Gasteiger partial charge in [-0.25, -0.2) is 24.3 Å². The van der Waals surface area contributed by atoms with Gasteiger partial charge in [0.25, 0.3) is 0 Å². The molecule has 4 aromatic heterocycles. The lowest BCUT2D eigenvalue weighted by Gasteiger charge is -2.03. The van der Waals surface area contributed by atoms with E-state index in [1.54, 1.807) is 12.3 Å². The van der Waals surface area contributed by atoms with Crippen LogP contribution in [0.4, 0.5) is 4.39 Å². The lowest BCUT2D eigenvalue weighted by molar-refractivity contribution is 0.624. The lowest BCUT2D eigenvalue weighted by Crippen LogP contribution is -2.00. The van der Waals surface area contributed by atoms with Crippen LogP contribution in [-0.2, 0) is 19.3 Å². The second kappa shape index (κ2) is 7.17. The van der Waals surface area contributed by atoms with Gasteiger partial charge in [-0.05, 0) is 35.2 Å². The Kier molecular flexibility index (Phi) is 4.58. The third-order valence-corrected chi connectivity index (χ3v) is 4.39. The van der Waals surface area contributed by atoms with Gasteiger partial charge >= 0.3 is 0 Å². The summed E-state index contributed by atoms with van der Waals surface area (Å²) >= 11 is 5.79. The summed E-state index contributed by atoms with van der Waals surface area (Å²) in [5, 5.41) is 1.27. The Bertz CT molecular complexity index is 1030. The van der Waals surface area contributed by atoms with Crippen LogP contribution in [0.2, 0.25) is 5.15 Å². The molecule has 0 radical (unpaired) electrons. The van der Waals surface area contributed by atoms with Gasteiger partial charge in [0.05, 0.1) is 6.20 Å². The maximum absolute atomic E-state index is 13.4. The Morgan fingerprint density at radius 3 is 2.50 bits per heavy atom. The maximum Gasteiger partial charge on any atom is 0.142 e. The van der Waals surface area contributed by atoms with Crippen molar-refractivity contribution in [3.8, 4) is 0 Å². The average Bonchev–Trinajstić information content (AvgIpc) is 3.04. The minimum Gasteiger partial charge on any atom is -0.346 e. The Balaban J connectivity index is 1.43. The number of hydrogen-bond donors (Lipinski definition) is 1. The van der Waals surface area contributed by atoms with Gasteiger partial charge in [-0.3, -0.25) is 0 Å². The summed E-state index contributed by atoms with van der Waals surface area (Å²) in [6, 6.07) is 5.22. The predicted molar refractivity (Wildman–Crippen MR) is 97.5 cm³/mol. The molecule has 0 saturated carbocycles. The van der Waals surface area contributed by atoms with Crippen LogP contribution in [0.5, 0.6) is 0 Å². The quantitative estimate of drug-likeness (QED) is 0.543. The molecule has 0 aromatic carbocycles. The molecular formula is C19H15ClFN5. The monoisotopic (exact) mass is 367 g/mol. The highest BCUT2D eigenvalue weighted by Crippen LogP contribution is 2.20. The summed E-state index contributed by atoms with van der Waals surface area (Å²) in [6.07, 6.45) is 10.6. The van der Waals surface area contributed by atoms with Gasteiger partial charge in [-0.2, -0.15) is 0 Å². The fourth-order valence-corrected chi connectivity index (χ4v) is 2.92. The molecular weight excluding hydrogens is 353 g/mol. The number of nitrogens with one attached hydrogen (secondary N) is 1. The van der Waals surface area contributed by atoms with Gasteiger partial charge in [0.15, 0.2) is 0 Å². The van der Waals surface area contributed by atoms with Gasteiger partial charge in [-0.15, -0.1) is 0 Å². The van der Waals surface area contributed by atoms with Crippen molar-refractivity contribution in [3.05, 3.63) is 82.7 Å². The van der Waals surface area contributed by atoms with E-state index in [4.69, 9.17) is 11.6 Å². The summed E-state index contributed by atoms with van der Waals surface area (Å²) in [5.74, 6) is 0.428. The van der Waals surface area contributed by atoms with E-state index in [9.17, 15) is 4.39 Å². The third kappa shape index (κ3) is 3.70. The second-order valence-corrected chi connectivity index (χ2v) is 6.42. The van der Waals surface area contributed by atoms with Crippen molar-refractivity contribution in [3.63, 3.8) is 0 Å². The lowest BCUT2D eigenvalue weighted by atomic mass is 10.1. The molecule has 0 unspecified atom stereocenters. The molecule has 1 N–H and O–H groups in total. The van der Waals surface area contributed by atoms with E-state index >= 15 is 0 Å². The molecule has 7 heteroatoms. The topological polar surface area (TPSA) is 67.3 Å². The first-order chi connectivity index (χ1) is 12.7. The summed E-state index contributed by atoms with van der Waals surface area (Å²) in [5.41, 5.74) is 3.70. The average molecular weight is 368 g/mol. The van der Waals surface area contributed by atoms with E-state index in [0.717, 1.165) is 40.7 Å². The number of rotatable bonds is 5. The van der Waals surface area contributed by atoms with Crippen molar-refractivity contribution in [1.82, 2.24) is 24.9 Å². The Hall–Kier alpha value is -2.86. The van der Waals surface area contributed by atoms with Gasteiger partial charge in [0.2, 0.25) is 0 Å². The van der Waals surface area contributed by atoms with E-state index in [1.165, 1.54) is 12.3 Å². The zero-order chi connectivity index (χ0) is 17.9. The summed E-state index contributed by atoms with van der Waals surface area (Å²) in [4.78, 5) is 20.0. The van der Waals surface area contributed by atoms with Crippen LogP contribution in [0.1, 0.15) is 22.5 Å². The first-order valence-corrected chi connectivity index (χ1v) is 8.57. The molecule has 0 aliphatic rings. The normalized spacial score (nSPS) is 11.2. The van der Waals surface area contributed by atoms with E-state index in [2.05, 4.69) is 24.9 Å². The summed E-state index contributed by atoms with van der Waals surface area (Å²) in [6.45, 7) is 0. The zero-order valence-electron chi connectivity index (χ0n) is 13.8. The first kappa shape index (κ1) is 16.6. The van der Waals surface area contributed by atoms with Crippen LogP contribution < -0.4 is 0 Å². The fraction of sp³-hybridized carbons (Fsp3) is 0.158. The van der Waals surface area contributed by atoms with Crippen LogP contribution in [0.3, 0.4) is 0 Å². The van der Waals surface area contributed by atoms with Crippen molar-refractivity contribution in [1.29, 1.82) is 0 Å². The van der Waals surface area contributed by atoms with E-state index in [1.807, 2.05) is 24.7 Å². The standard InChI is InChI=1S/C19H15ClFN5/c20-17-3-1-12(7-22-17)2-4-18-23-8-13(9-24-18)5-14-10-25-19-16(14)6-15(21)11-26-19/h1,3,6-11H,2,4-5H2,(H,25,26). The number of aromatic nitrogens is 5. The van der Waals surface area contributed by atoms with Gasteiger partial charge in [0, 0.05) is 43.0 Å². The Morgan fingerprint density at radius 1 is 0.923 bits per heavy atom. The summed E-state index contributed by atoms with van der Waals surface area (Å²) in [7, 11) is 0. The number of fused-ring (bicyclic) bond motifs is 1. The molecule has 0 spiro atoms. The molecule has 4 heterocycles. The van der Waals surface area contributed by atoms with Gasteiger partial charge in [0.1, 0.15) is 22.4 Å². The second-order valence-electron chi connectivity index (χ2n) is 6.04. The van der Waals surface area contributed by atoms with E-state index in [0.29, 0.717) is 17.2 Å². The van der Waals surface area contributed by atoms with Crippen LogP contribution >= 0.6 is 11.6 Å². The highest BCUT2D eigenvalue weighted by atomic mass is 35.5. The summed E-state index contributed by atoms with van der Waals surface area (Å²) < 4.78 is 13.4. The molecule has 0 atom stereocenters. The van der Waals surface area contributed by atoms with Crippen molar-refractivity contribution in [2.24, 2.45) is 0 Å². The van der Waals surface area contributed by atoms with Gasteiger partial charge in [-0.1, -0.05) is 17.7 Å². The number of halogens is 2. The van der Waals surface area contributed by atoms with Crippen molar-refractivity contribution in [2.45, 2.75) is 19.3 Å². The molecule has 0 saturated heterocycles. The highest BCUT2D eigenvalue weighted by Gasteiger charge is 2.08. The molecule has 5 nitrogen and oxygen atoms in total. The molecule has 26 heavy (non-hydrogen) atoms. The Labute approximate surface area is 154 Å². The van der Waals surface area contributed by atoms with Crippen molar-refractivity contribution >= 4 is 22.6 Å². The SMILES string of the molecule is Fc1cnc2[nH]cc(Cc3cnc(CCc4ccc(Cl)nc4)nc3)c2c1. The molecule has 0 aliphatic carbocycles. The van der Waals surface area contributed by atoms with Crippen LogP contribution in [0.15, 0.2) is 49.2 Å². The number of H-pyrrole nitrogens is 1. The Morgan fingerprint density at radius 2 is 1.73 bits per heavy atom. The number of pyridine rings is 2. The van der Waals surface area contributed by atoms with E-state index in [-0.39, 0.29) is 5.82 Å². The minimum absolute atomic E-state index is 0.346. The van der Waals surface area contributed by atoms with Crippen LogP contribution in [0, 0.1) is 5.82 Å². The van der Waals surface area contributed by atoms with E-state index < -0.39 is 0 Å². The molecule has 0 amide bonds. The zero-order valence-corrected chi connectivity index (χ0v) is 14.5. The smallest absolute Gasteiger partial charge is 0.142 e. The molecule has 130 valence electrons. The highest BCUT2D eigenvalue weighted by molar-refractivity contribution is 6.29. The van der Waals surface area contributed by atoms with Crippen LogP contribution in [0.25, 0.3) is 11.0 Å². The number of hydrogen-bond acceptors (Lipinski definition) is 4. The number of aromatic amines is 1. The molecule has 0 aliphatic heterocycles. The number of aryl methyl sites for hydroxylation is 2. The van der Waals surface area contributed by atoms with Crippen molar-refractivity contribution in [2.75, 3.05) is 0 Å². The van der Waals surface area contributed by atoms with Gasteiger partial charge < -0.3 is 4.98 Å². The minimum atomic E-state index is -0.346. The molecule has 0 bridgehead atoms. The first-order valence-electron chi connectivity index (χ1n) is 8.19. The fourth-order valence-electron chi connectivity index (χ4n) is 2.81. The largest absolute Gasteiger partial charge is 0.346 e. The van der Waals surface area contributed by atoms with Crippen LogP contribution in [-0.4, -0.2) is 24.9 Å². The molecule has 0 fully saturated rings. The molecule has 4 rings (SSSR count). The number of nitrogens with zero attached hydrogens (tertiary/aromatic N) is 4. The maximum atomic E-state index is 13.4. The predicted octanol–water partition coefficient (Wildman–Crippen LogP) is 3.92.